The van der Waals surface area contributed by atoms with Crippen LogP contribution in [0.5, 0.6) is 5.75 Å². The third kappa shape index (κ3) is 5.15. The maximum absolute atomic E-state index is 11.3. The normalized spacial score (nSPS) is 11.5. The Labute approximate surface area is 159 Å². The lowest BCUT2D eigenvalue weighted by Crippen LogP contribution is -2.04. The van der Waals surface area contributed by atoms with Gasteiger partial charge in [0.05, 0.1) is 29.7 Å². The number of ether oxygens (including phenoxy) is 1. The van der Waals surface area contributed by atoms with Crippen LogP contribution < -0.4 is 4.74 Å². The Morgan fingerprint density at radius 2 is 1.78 bits per heavy atom. The zero-order valence-electron chi connectivity index (χ0n) is 14.3. The van der Waals surface area contributed by atoms with Crippen LogP contribution in [-0.2, 0) is 9.59 Å². The summed E-state index contributed by atoms with van der Waals surface area (Å²) in [7, 11) is 0. The third-order valence-electron chi connectivity index (χ3n) is 3.72. The number of carbonyl (C=O) groups is 2. The van der Waals surface area contributed by atoms with Crippen molar-refractivity contribution in [3.05, 3.63) is 59.1 Å². The van der Waals surface area contributed by atoms with E-state index in [1.165, 1.54) is 11.3 Å². The van der Waals surface area contributed by atoms with E-state index in [9.17, 15) is 14.7 Å². The second-order valence-electron chi connectivity index (χ2n) is 5.79. The van der Waals surface area contributed by atoms with E-state index in [0.717, 1.165) is 15.8 Å². The molecule has 7 heteroatoms. The molecular weight excluding hydrogens is 366 g/mol. The van der Waals surface area contributed by atoms with Gasteiger partial charge < -0.3 is 14.9 Å². The minimum absolute atomic E-state index is 0.0674. The molecule has 1 heterocycles. The lowest BCUT2D eigenvalue weighted by molar-refractivity contribution is -0.138. The van der Waals surface area contributed by atoms with E-state index in [0.29, 0.717) is 16.3 Å². The van der Waals surface area contributed by atoms with Crippen molar-refractivity contribution in [3.8, 4) is 5.75 Å². The quantitative estimate of drug-likeness (QED) is 0.606. The molecule has 3 rings (SSSR count). The Morgan fingerprint density at radius 1 is 1.04 bits per heavy atom. The SMILES string of the molecule is O=C(O)CCOc1ccc(/C=C(\CC(=O)O)c2nc3ccccc3s2)cc1. The molecular formula is C20H17NO5S. The van der Waals surface area contributed by atoms with Crippen molar-refractivity contribution in [2.24, 2.45) is 0 Å². The summed E-state index contributed by atoms with van der Waals surface area (Å²) < 4.78 is 6.37. The van der Waals surface area contributed by atoms with Crippen LogP contribution in [0.2, 0.25) is 0 Å². The molecule has 6 nitrogen and oxygen atoms in total. The average Bonchev–Trinajstić information content (AvgIpc) is 3.06. The van der Waals surface area contributed by atoms with E-state index in [-0.39, 0.29) is 19.4 Å². The van der Waals surface area contributed by atoms with Crippen molar-refractivity contribution >= 4 is 45.1 Å². The number of carboxylic acid groups (broad SMARTS) is 2. The van der Waals surface area contributed by atoms with Gasteiger partial charge in [-0.2, -0.15) is 0 Å². The van der Waals surface area contributed by atoms with Crippen molar-refractivity contribution in [1.82, 2.24) is 4.98 Å². The van der Waals surface area contributed by atoms with Gasteiger partial charge in [-0.25, -0.2) is 4.98 Å². The van der Waals surface area contributed by atoms with E-state index in [4.69, 9.17) is 9.84 Å². The molecule has 2 aromatic carbocycles. The summed E-state index contributed by atoms with van der Waals surface area (Å²) in [6, 6.07) is 14.7. The Hall–Kier alpha value is -3.19. The highest BCUT2D eigenvalue weighted by Crippen LogP contribution is 2.30. The van der Waals surface area contributed by atoms with Crippen molar-refractivity contribution in [1.29, 1.82) is 0 Å². The minimum atomic E-state index is -0.922. The van der Waals surface area contributed by atoms with Crippen molar-refractivity contribution in [2.75, 3.05) is 6.61 Å². The van der Waals surface area contributed by atoms with Gasteiger partial charge in [0.1, 0.15) is 10.8 Å². The highest BCUT2D eigenvalue weighted by molar-refractivity contribution is 7.19. The number of carboxylic acids is 2. The number of hydrogen-bond donors (Lipinski definition) is 2. The molecule has 0 aliphatic carbocycles. The van der Waals surface area contributed by atoms with Crippen molar-refractivity contribution in [3.63, 3.8) is 0 Å². The maximum atomic E-state index is 11.3. The molecule has 3 aromatic rings. The third-order valence-corrected chi connectivity index (χ3v) is 4.83. The summed E-state index contributed by atoms with van der Waals surface area (Å²) in [5, 5.41) is 18.6. The molecule has 1 aromatic heterocycles. The van der Waals surface area contributed by atoms with Gasteiger partial charge in [-0.15, -0.1) is 11.3 Å². The minimum Gasteiger partial charge on any atom is -0.493 e. The Morgan fingerprint density at radius 3 is 2.44 bits per heavy atom. The van der Waals surface area contributed by atoms with E-state index >= 15 is 0 Å². The van der Waals surface area contributed by atoms with E-state index in [2.05, 4.69) is 4.98 Å². The molecule has 0 aliphatic rings. The van der Waals surface area contributed by atoms with Crippen LogP contribution in [0.25, 0.3) is 21.9 Å². The van der Waals surface area contributed by atoms with E-state index in [1.54, 1.807) is 30.3 Å². The maximum Gasteiger partial charge on any atom is 0.307 e. The largest absolute Gasteiger partial charge is 0.493 e. The van der Waals surface area contributed by atoms with Crippen LogP contribution in [0.1, 0.15) is 23.4 Å². The number of thiazole rings is 1. The molecule has 2 N–H and O–H groups in total. The fourth-order valence-electron chi connectivity index (χ4n) is 2.48. The summed E-state index contributed by atoms with van der Waals surface area (Å²) in [5.74, 6) is -1.27. The van der Waals surface area contributed by atoms with E-state index in [1.807, 2.05) is 24.3 Å². The van der Waals surface area contributed by atoms with Gasteiger partial charge in [0.25, 0.3) is 0 Å². The van der Waals surface area contributed by atoms with Crippen LogP contribution in [0.15, 0.2) is 48.5 Å². The monoisotopic (exact) mass is 383 g/mol. The van der Waals surface area contributed by atoms with Gasteiger partial charge in [-0.05, 0) is 41.5 Å². The molecule has 138 valence electrons. The number of rotatable bonds is 8. The molecule has 0 saturated carbocycles. The number of benzene rings is 2. The number of nitrogens with zero attached hydrogens (tertiary/aromatic N) is 1. The molecule has 0 fully saturated rings. The van der Waals surface area contributed by atoms with Gasteiger partial charge in [0, 0.05) is 0 Å². The molecule has 0 amide bonds. The van der Waals surface area contributed by atoms with Crippen LogP contribution in [0.3, 0.4) is 0 Å². The van der Waals surface area contributed by atoms with Gasteiger partial charge in [-0.3, -0.25) is 9.59 Å². The molecule has 0 atom stereocenters. The van der Waals surface area contributed by atoms with Crippen molar-refractivity contribution < 1.29 is 24.5 Å². The zero-order valence-corrected chi connectivity index (χ0v) is 15.1. The van der Waals surface area contributed by atoms with Gasteiger partial charge in [-0.1, -0.05) is 24.3 Å². The summed E-state index contributed by atoms with van der Waals surface area (Å²) in [4.78, 5) is 26.3. The number of fused-ring (bicyclic) bond motifs is 1. The highest BCUT2D eigenvalue weighted by atomic mass is 32.1. The number of aliphatic carboxylic acids is 2. The van der Waals surface area contributed by atoms with Crippen LogP contribution >= 0.6 is 11.3 Å². The number of aromatic nitrogens is 1. The Bertz CT molecular complexity index is 958. The molecule has 0 radical (unpaired) electrons. The van der Waals surface area contributed by atoms with E-state index < -0.39 is 11.9 Å². The smallest absolute Gasteiger partial charge is 0.307 e. The second-order valence-corrected chi connectivity index (χ2v) is 6.82. The number of hydrogen-bond acceptors (Lipinski definition) is 5. The molecule has 27 heavy (non-hydrogen) atoms. The summed E-state index contributed by atoms with van der Waals surface area (Å²) in [6.45, 7) is 0.0977. The first-order chi connectivity index (χ1) is 13.0. The topological polar surface area (TPSA) is 96.7 Å². The van der Waals surface area contributed by atoms with Gasteiger partial charge in [0.15, 0.2) is 0 Å². The molecule has 0 saturated heterocycles. The standard InChI is InChI=1S/C20H17NO5S/c22-18(23)9-10-26-15-7-5-13(6-8-15)11-14(12-19(24)25)20-21-16-3-1-2-4-17(16)27-20/h1-8,11H,9-10,12H2,(H,22,23)(H,24,25)/b14-11+. The summed E-state index contributed by atoms with van der Waals surface area (Å²) in [5.41, 5.74) is 2.29. The molecule has 0 spiro atoms. The zero-order chi connectivity index (χ0) is 19.2. The summed E-state index contributed by atoms with van der Waals surface area (Å²) in [6.07, 6.45) is 1.60. The Balaban J connectivity index is 1.83. The summed E-state index contributed by atoms with van der Waals surface area (Å²) >= 11 is 1.46. The predicted molar refractivity (Wildman–Crippen MR) is 104 cm³/mol. The van der Waals surface area contributed by atoms with Crippen molar-refractivity contribution in [2.45, 2.75) is 12.8 Å². The lowest BCUT2D eigenvalue weighted by Gasteiger charge is -2.05. The fourth-order valence-corrected chi connectivity index (χ4v) is 3.46. The number of para-hydroxylation sites is 1. The first kappa shape index (κ1) is 18.6. The molecule has 0 aliphatic heterocycles. The van der Waals surface area contributed by atoms with Crippen LogP contribution in [0, 0.1) is 0 Å². The van der Waals surface area contributed by atoms with Gasteiger partial charge in [0.2, 0.25) is 0 Å². The van der Waals surface area contributed by atoms with Crippen LogP contribution in [0.4, 0.5) is 0 Å². The fraction of sp³-hybridized carbons (Fsp3) is 0.150. The molecule has 0 unspecified atom stereocenters. The predicted octanol–water partition coefficient (Wildman–Crippen LogP) is 4.17. The second kappa shape index (κ2) is 8.46. The average molecular weight is 383 g/mol. The first-order valence-corrected chi connectivity index (χ1v) is 9.06. The lowest BCUT2D eigenvalue weighted by atomic mass is 10.1. The highest BCUT2D eigenvalue weighted by Gasteiger charge is 2.12. The molecule has 0 bridgehead atoms. The first-order valence-electron chi connectivity index (χ1n) is 8.24. The van der Waals surface area contributed by atoms with Crippen LogP contribution in [-0.4, -0.2) is 33.7 Å². The Kier molecular flexibility index (Phi) is 5.83. The van der Waals surface area contributed by atoms with Gasteiger partial charge >= 0.3 is 11.9 Å².